The Morgan fingerprint density at radius 1 is 0.867 bits per heavy atom. The van der Waals surface area contributed by atoms with Gasteiger partial charge >= 0.3 is 21.1 Å². The van der Waals surface area contributed by atoms with Gasteiger partial charge in [-0.05, 0) is 25.5 Å². The Labute approximate surface area is 194 Å². The molecule has 0 spiro atoms. The van der Waals surface area contributed by atoms with Gasteiger partial charge in [0.2, 0.25) is 0 Å². The van der Waals surface area contributed by atoms with Crippen molar-refractivity contribution in [3.05, 3.63) is 80.0 Å². The van der Waals surface area contributed by atoms with E-state index in [9.17, 15) is 9.59 Å². The fourth-order valence-electron chi connectivity index (χ4n) is 2.78. The molecule has 0 aliphatic heterocycles. The first-order valence-electron chi connectivity index (χ1n) is 8.04. The number of ketones is 2. The molecule has 0 heterocycles. The maximum Gasteiger partial charge on any atom is 2.00 e. The molecule has 2 aromatic carbocycles. The summed E-state index contributed by atoms with van der Waals surface area (Å²) in [5, 5.41) is 18.0. The molecule has 1 aliphatic carbocycles. The van der Waals surface area contributed by atoms with Crippen LogP contribution in [-0.2, 0) is 21.1 Å². The Kier molecular flexibility index (Phi) is 16.7. The molecule has 0 saturated heterocycles. The van der Waals surface area contributed by atoms with Crippen LogP contribution in [0, 0.1) is 15.3 Å². The van der Waals surface area contributed by atoms with Crippen LogP contribution in [0.4, 0.5) is 5.69 Å². The van der Waals surface area contributed by atoms with Gasteiger partial charge in [-0.2, -0.15) is 0 Å². The van der Waals surface area contributed by atoms with E-state index in [1.165, 1.54) is 0 Å². The Morgan fingerprint density at radius 2 is 1.37 bits per heavy atom. The predicted octanol–water partition coefficient (Wildman–Crippen LogP) is -0.301. The van der Waals surface area contributed by atoms with Crippen LogP contribution >= 0.6 is 0 Å². The Balaban J connectivity index is -0.000000841. The van der Waals surface area contributed by atoms with Gasteiger partial charge in [-0.25, -0.2) is 0 Å². The van der Waals surface area contributed by atoms with Crippen LogP contribution < -0.4 is 35.8 Å². The van der Waals surface area contributed by atoms with Gasteiger partial charge in [0.1, 0.15) is 0 Å². The average molecular weight is 621 g/mol. The Hall–Kier alpha value is -2.36. The number of nitrogens with two attached hydrogens (primary N) is 1. The van der Waals surface area contributed by atoms with Gasteiger partial charge < -0.3 is 51.1 Å². The van der Waals surface area contributed by atoms with E-state index in [1.54, 1.807) is 30.3 Å². The molecule has 0 amide bonds. The standard InChI is InChI=1S/C18H18N2O2.ClH.NO3.2H3N.Pt/c19-10-3-4-11-20-15-9-5-8-14-16(15)18(22)13-7-2-1-6-12(13)17(14)21;;2-1(3)4;;;/h1-2,5-9,20H,3-4,10-11,19H2;1H;;2*1H3;/q;;-1;;;+2/p-1. The van der Waals surface area contributed by atoms with Gasteiger partial charge in [0.05, 0.1) is 10.7 Å². The number of nitrogens with one attached hydrogen (secondary N) is 1. The molecule has 12 heteroatoms. The molecule has 9 N–H and O–H groups in total. The summed E-state index contributed by atoms with van der Waals surface area (Å²) in [4.78, 5) is 33.6. The first kappa shape index (κ1) is 32.3. The number of unbranched alkanes of at least 4 members (excludes halogenated alkanes) is 1. The fourth-order valence-corrected chi connectivity index (χ4v) is 2.78. The molecule has 1 aliphatic rings. The molecule has 0 unspecified atom stereocenters. The number of carbonyl (C=O) groups excluding carboxylic acids is 2. The quantitative estimate of drug-likeness (QED) is 0.167. The van der Waals surface area contributed by atoms with E-state index in [2.05, 4.69) is 5.32 Å². The summed E-state index contributed by atoms with van der Waals surface area (Å²) in [5.41, 5.74) is 8.14. The number of fused-ring (bicyclic) bond motifs is 2. The first-order valence-corrected chi connectivity index (χ1v) is 8.04. The molecule has 0 saturated carbocycles. The zero-order chi connectivity index (χ0) is 19.1. The smallest absolute Gasteiger partial charge is 1.00 e. The van der Waals surface area contributed by atoms with E-state index in [0.29, 0.717) is 28.8 Å². The van der Waals surface area contributed by atoms with Crippen LogP contribution in [0.3, 0.4) is 0 Å². The maximum absolute atomic E-state index is 12.8. The molecule has 0 atom stereocenters. The molecule has 0 fully saturated rings. The number of rotatable bonds is 5. The summed E-state index contributed by atoms with van der Waals surface area (Å²) in [7, 11) is 0. The van der Waals surface area contributed by atoms with Gasteiger partial charge in [0, 0.05) is 28.9 Å². The van der Waals surface area contributed by atoms with E-state index in [-0.39, 0.29) is 57.3 Å². The molecule has 0 bridgehead atoms. The molecule has 0 radical (unpaired) electrons. The van der Waals surface area contributed by atoms with Crippen molar-refractivity contribution < 1.29 is 48.1 Å². The van der Waals surface area contributed by atoms with E-state index < -0.39 is 5.09 Å². The normalized spacial score (nSPS) is 10.2. The zero-order valence-electron chi connectivity index (χ0n) is 16.0. The maximum atomic E-state index is 12.8. The van der Waals surface area contributed by atoms with Crippen molar-refractivity contribution in [3.63, 3.8) is 0 Å². The van der Waals surface area contributed by atoms with Crippen molar-refractivity contribution in [3.8, 4) is 0 Å². The van der Waals surface area contributed by atoms with Crippen molar-refractivity contribution in [1.82, 2.24) is 12.3 Å². The molecule has 168 valence electrons. The summed E-state index contributed by atoms with van der Waals surface area (Å²) in [6.07, 6.45) is 1.86. The molecule has 0 aromatic heterocycles. The minimum Gasteiger partial charge on any atom is -1.00 e. The van der Waals surface area contributed by atoms with E-state index in [4.69, 9.17) is 21.1 Å². The van der Waals surface area contributed by atoms with E-state index in [0.717, 1.165) is 25.1 Å². The summed E-state index contributed by atoms with van der Waals surface area (Å²) in [5.74, 6) is -0.178. The van der Waals surface area contributed by atoms with Gasteiger partial charge in [-0.15, -0.1) is 0 Å². The molecule has 30 heavy (non-hydrogen) atoms. The van der Waals surface area contributed by atoms with Crippen molar-refractivity contribution in [2.24, 2.45) is 5.73 Å². The molecular weight excluding hydrogens is 597 g/mol. The van der Waals surface area contributed by atoms with Crippen molar-refractivity contribution in [1.29, 1.82) is 0 Å². The molecule has 3 rings (SSSR count). The number of benzene rings is 2. The fraction of sp³-hybridized carbons (Fsp3) is 0.222. The van der Waals surface area contributed by atoms with Crippen LogP contribution in [-0.4, -0.2) is 29.7 Å². The van der Waals surface area contributed by atoms with Gasteiger partial charge in [0.15, 0.2) is 11.6 Å². The minimum absolute atomic E-state index is 0. The van der Waals surface area contributed by atoms with Crippen molar-refractivity contribution >= 4 is 17.3 Å². The van der Waals surface area contributed by atoms with Crippen LogP contribution in [0.5, 0.6) is 0 Å². The van der Waals surface area contributed by atoms with Crippen LogP contribution in [0.25, 0.3) is 0 Å². The summed E-state index contributed by atoms with van der Waals surface area (Å²) in [6, 6.07) is 12.4. The Bertz CT molecular complexity index is 849. The predicted molar refractivity (Wildman–Crippen MR) is 107 cm³/mol. The second-order valence-corrected chi connectivity index (χ2v) is 5.58. The number of nitrogens with zero attached hydrogens (tertiary/aromatic N) is 1. The number of carbonyl (C=O) groups is 2. The van der Waals surface area contributed by atoms with E-state index in [1.807, 2.05) is 12.1 Å². The zero-order valence-corrected chi connectivity index (χ0v) is 19.1. The van der Waals surface area contributed by atoms with Crippen LogP contribution in [0.15, 0.2) is 42.5 Å². The first-order chi connectivity index (χ1) is 12.5. The number of halogens is 1. The molecule has 10 nitrogen and oxygen atoms in total. The van der Waals surface area contributed by atoms with Crippen molar-refractivity contribution in [2.45, 2.75) is 12.8 Å². The average Bonchev–Trinajstić information content (AvgIpc) is 2.62. The summed E-state index contributed by atoms with van der Waals surface area (Å²) < 4.78 is 0. The third kappa shape index (κ3) is 7.81. The summed E-state index contributed by atoms with van der Waals surface area (Å²) in [6.45, 7) is 1.39. The van der Waals surface area contributed by atoms with Gasteiger partial charge in [0.25, 0.3) is 0 Å². The third-order valence-corrected chi connectivity index (χ3v) is 3.90. The monoisotopic (exact) mass is 620 g/mol. The third-order valence-electron chi connectivity index (χ3n) is 3.90. The van der Waals surface area contributed by atoms with Crippen LogP contribution in [0.2, 0.25) is 0 Å². The molecule has 2 aromatic rings. The van der Waals surface area contributed by atoms with Crippen molar-refractivity contribution in [2.75, 3.05) is 18.4 Å². The number of hydrogen-bond donors (Lipinski definition) is 4. The summed E-state index contributed by atoms with van der Waals surface area (Å²) >= 11 is 0. The topological polar surface area (TPSA) is 208 Å². The van der Waals surface area contributed by atoms with Gasteiger partial charge in [-0.1, -0.05) is 36.4 Å². The second-order valence-electron chi connectivity index (χ2n) is 5.58. The largest absolute Gasteiger partial charge is 2.00 e. The van der Waals surface area contributed by atoms with Gasteiger partial charge in [-0.3, -0.25) is 9.59 Å². The SMILES string of the molecule is N.N.NCCCCNc1cccc2c1C(=O)c1ccccc1C2=O.O=[N+]([O-])[O-].[Cl-].[Pt+2]. The van der Waals surface area contributed by atoms with Crippen LogP contribution in [0.1, 0.15) is 44.7 Å². The minimum atomic E-state index is -1.75. The molecular formula is C18H24ClN5O5Pt. The van der Waals surface area contributed by atoms with E-state index >= 15 is 0 Å². The second kappa shape index (κ2) is 15.5. The number of hydrogen-bond acceptors (Lipinski definition) is 9. The number of anilines is 1. The Morgan fingerprint density at radius 3 is 1.90 bits per heavy atom.